The minimum Gasteiger partial charge on any atom is -0.379 e. The fourth-order valence-corrected chi connectivity index (χ4v) is 2.58. The van der Waals surface area contributed by atoms with Crippen molar-refractivity contribution < 1.29 is 9.53 Å². The number of hydrogen-bond donors (Lipinski definition) is 3. The van der Waals surface area contributed by atoms with Crippen molar-refractivity contribution in [1.29, 1.82) is 5.26 Å². The van der Waals surface area contributed by atoms with Crippen LogP contribution in [0.4, 0.5) is 5.69 Å². The van der Waals surface area contributed by atoms with E-state index < -0.39 is 0 Å². The standard InChI is InChI=1S/C17H20N6O2/c18-10-13(17(24)19-3-4-23-5-7-25-8-6-23)11-20-14-1-2-15-16(9-14)22-12-21-15/h1-2,9,11-12,20H,3-8H2,(H,19,24)(H,21,22)/b13-11-. The van der Waals surface area contributed by atoms with E-state index >= 15 is 0 Å². The summed E-state index contributed by atoms with van der Waals surface area (Å²) >= 11 is 0. The zero-order chi connectivity index (χ0) is 17.5. The molecule has 8 nitrogen and oxygen atoms in total. The van der Waals surface area contributed by atoms with Crippen molar-refractivity contribution in [3.63, 3.8) is 0 Å². The molecule has 1 aromatic carbocycles. The number of H-pyrrole nitrogens is 1. The topological polar surface area (TPSA) is 106 Å². The van der Waals surface area contributed by atoms with E-state index in [9.17, 15) is 10.1 Å². The number of fused-ring (bicyclic) bond motifs is 1. The second-order valence-corrected chi connectivity index (χ2v) is 5.66. The van der Waals surface area contributed by atoms with E-state index in [0.29, 0.717) is 6.54 Å². The van der Waals surface area contributed by atoms with E-state index in [4.69, 9.17) is 4.74 Å². The van der Waals surface area contributed by atoms with Crippen molar-refractivity contribution >= 4 is 22.6 Å². The smallest absolute Gasteiger partial charge is 0.263 e. The minimum absolute atomic E-state index is 0.0340. The minimum atomic E-state index is -0.383. The fraction of sp³-hybridized carbons (Fsp3) is 0.353. The average Bonchev–Trinajstić information content (AvgIpc) is 3.11. The largest absolute Gasteiger partial charge is 0.379 e. The molecule has 130 valence electrons. The lowest BCUT2D eigenvalue weighted by Crippen LogP contribution is -2.41. The van der Waals surface area contributed by atoms with Gasteiger partial charge >= 0.3 is 0 Å². The van der Waals surface area contributed by atoms with Crippen LogP contribution < -0.4 is 10.6 Å². The maximum Gasteiger partial charge on any atom is 0.263 e. The summed E-state index contributed by atoms with van der Waals surface area (Å²) in [6.45, 7) is 4.43. The molecule has 0 saturated carbocycles. The second kappa shape index (κ2) is 8.28. The number of nitrogens with zero attached hydrogens (tertiary/aromatic N) is 3. The highest BCUT2D eigenvalue weighted by atomic mass is 16.5. The van der Waals surface area contributed by atoms with Crippen LogP contribution in [0.15, 0.2) is 36.3 Å². The van der Waals surface area contributed by atoms with Gasteiger partial charge in [-0.2, -0.15) is 5.26 Å². The van der Waals surface area contributed by atoms with Crippen LogP contribution in [0.2, 0.25) is 0 Å². The summed E-state index contributed by atoms with van der Waals surface area (Å²) in [7, 11) is 0. The zero-order valence-electron chi connectivity index (χ0n) is 13.8. The molecule has 1 amide bonds. The Morgan fingerprint density at radius 3 is 3.08 bits per heavy atom. The molecule has 1 fully saturated rings. The molecule has 1 aliphatic rings. The van der Waals surface area contributed by atoms with Crippen molar-refractivity contribution in [2.24, 2.45) is 0 Å². The lowest BCUT2D eigenvalue weighted by atomic mass is 10.2. The summed E-state index contributed by atoms with van der Waals surface area (Å²) in [5.41, 5.74) is 2.54. The van der Waals surface area contributed by atoms with Gasteiger partial charge in [0.1, 0.15) is 11.6 Å². The van der Waals surface area contributed by atoms with Crippen LogP contribution in [0.3, 0.4) is 0 Å². The molecule has 0 radical (unpaired) electrons. The molecule has 2 aromatic rings. The Bertz CT molecular complexity index is 801. The molecule has 0 aliphatic carbocycles. The molecule has 25 heavy (non-hydrogen) atoms. The van der Waals surface area contributed by atoms with Gasteiger partial charge < -0.3 is 20.4 Å². The number of imidazole rings is 1. The van der Waals surface area contributed by atoms with Crippen LogP contribution in [0.5, 0.6) is 0 Å². The number of ether oxygens (including phenoxy) is 1. The van der Waals surface area contributed by atoms with Crippen LogP contribution in [-0.4, -0.2) is 60.2 Å². The number of amides is 1. The predicted octanol–water partition coefficient (Wildman–Crippen LogP) is 0.831. The van der Waals surface area contributed by atoms with Crippen molar-refractivity contribution in [2.75, 3.05) is 44.7 Å². The molecular formula is C17H20N6O2. The highest BCUT2D eigenvalue weighted by Gasteiger charge is 2.12. The maximum absolute atomic E-state index is 12.1. The summed E-state index contributed by atoms with van der Waals surface area (Å²) in [5.74, 6) is -0.383. The van der Waals surface area contributed by atoms with Gasteiger partial charge in [-0.1, -0.05) is 0 Å². The number of nitriles is 1. The second-order valence-electron chi connectivity index (χ2n) is 5.66. The van der Waals surface area contributed by atoms with Crippen LogP contribution in [0.1, 0.15) is 0 Å². The number of carbonyl (C=O) groups is 1. The monoisotopic (exact) mass is 340 g/mol. The molecule has 1 saturated heterocycles. The first-order chi connectivity index (χ1) is 12.3. The van der Waals surface area contributed by atoms with Gasteiger partial charge in [-0.25, -0.2) is 4.98 Å². The van der Waals surface area contributed by atoms with Crippen molar-refractivity contribution in [3.05, 3.63) is 36.3 Å². The lowest BCUT2D eigenvalue weighted by molar-refractivity contribution is -0.117. The van der Waals surface area contributed by atoms with E-state index in [1.165, 1.54) is 6.20 Å². The first-order valence-electron chi connectivity index (χ1n) is 8.14. The Balaban J connectivity index is 1.52. The van der Waals surface area contributed by atoms with Crippen LogP contribution in [0.25, 0.3) is 11.0 Å². The van der Waals surface area contributed by atoms with Gasteiger partial charge in [-0.3, -0.25) is 9.69 Å². The summed E-state index contributed by atoms with van der Waals surface area (Å²) in [5, 5.41) is 15.0. The summed E-state index contributed by atoms with van der Waals surface area (Å²) in [6, 6.07) is 7.49. The first kappa shape index (κ1) is 17.0. The Morgan fingerprint density at radius 2 is 2.28 bits per heavy atom. The molecule has 1 aromatic heterocycles. The molecular weight excluding hydrogens is 320 g/mol. The quantitative estimate of drug-likeness (QED) is 0.531. The maximum atomic E-state index is 12.1. The lowest BCUT2D eigenvalue weighted by Gasteiger charge is -2.26. The number of morpholine rings is 1. The number of aromatic nitrogens is 2. The van der Waals surface area contributed by atoms with Gasteiger partial charge in [-0.05, 0) is 18.2 Å². The predicted molar refractivity (Wildman–Crippen MR) is 93.7 cm³/mol. The molecule has 0 unspecified atom stereocenters. The van der Waals surface area contributed by atoms with Crippen LogP contribution in [0, 0.1) is 11.3 Å². The Kier molecular flexibility index (Phi) is 5.61. The number of carbonyl (C=O) groups excluding carboxylic acids is 1. The third-order valence-corrected chi connectivity index (χ3v) is 3.99. The molecule has 3 N–H and O–H groups in total. The zero-order valence-corrected chi connectivity index (χ0v) is 13.8. The third-order valence-electron chi connectivity index (χ3n) is 3.99. The van der Waals surface area contributed by atoms with Gasteiger partial charge in [-0.15, -0.1) is 0 Å². The summed E-state index contributed by atoms with van der Waals surface area (Å²) in [6.07, 6.45) is 3.04. The third kappa shape index (κ3) is 4.56. The molecule has 2 heterocycles. The van der Waals surface area contributed by atoms with Crippen molar-refractivity contribution in [3.8, 4) is 6.07 Å². The van der Waals surface area contributed by atoms with E-state index in [1.54, 1.807) is 6.33 Å². The Labute approximate surface area is 145 Å². The van der Waals surface area contributed by atoms with Crippen LogP contribution in [-0.2, 0) is 9.53 Å². The number of benzene rings is 1. The Hall–Kier alpha value is -2.89. The molecule has 0 spiro atoms. The van der Waals surface area contributed by atoms with Crippen LogP contribution >= 0.6 is 0 Å². The first-order valence-corrected chi connectivity index (χ1v) is 8.14. The molecule has 0 bridgehead atoms. The normalized spacial score (nSPS) is 15.7. The van der Waals surface area contributed by atoms with Gasteiger partial charge in [0.15, 0.2) is 0 Å². The van der Waals surface area contributed by atoms with Gasteiger partial charge in [0, 0.05) is 38.1 Å². The number of rotatable bonds is 6. The SMILES string of the molecule is N#C/C(=C/Nc1ccc2nc[nH]c2c1)C(=O)NCCN1CCOCC1. The molecule has 0 atom stereocenters. The number of nitrogens with one attached hydrogen (secondary N) is 3. The van der Waals surface area contributed by atoms with E-state index in [1.807, 2.05) is 24.3 Å². The number of hydrogen-bond acceptors (Lipinski definition) is 6. The van der Waals surface area contributed by atoms with E-state index in [0.717, 1.165) is 49.6 Å². The molecule has 8 heteroatoms. The number of anilines is 1. The van der Waals surface area contributed by atoms with Crippen molar-refractivity contribution in [1.82, 2.24) is 20.2 Å². The van der Waals surface area contributed by atoms with Gasteiger partial charge in [0.25, 0.3) is 5.91 Å². The summed E-state index contributed by atoms with van der Waals surface area (Å²) < 4.78 is 5.28. The van der Waals surface area contributed by atoms with E-state index in [2.05, 4.69) is 25.5 Å². The summed E-state index contributed by atoms with van der Waals surface area (Å²) in [4.78, 5) is 21.5. The highest BCUT2D eigenvalue weighted by Crippen LogP contribution is 2.15. The fourth-order valence-electron chi connectivity index (χ4n) is 2.58. The van der Waals surface area contributed by atoms with Crippen molar-refractivity contribution in [2.45, 2.75) is 0 Å². The van der Waals surface area contributed by atoms with Gasteiger partial charge in [0.2, 0.25) is 0 Å². The Morgan fingerprint density at radius 1 is 1.44 bits per heavy atom. The average molecular weight is 340 g/mol. The molecule has 1 aliphatic heterocycles. The van der Waals surface area contributed by atoms with Gasteiger partial charge in [0.05, 0.1) is 30.6 Å². The number of aromatic amines is 1. The molecule has 3 rings (SSSR count). The highest BCUT2D eigenvalue weighted by molar-refractivity contribution is 5.97. The van der Waals surface area contributed by atoms with E-state index in [-0.39, 0.29) is 11.5 Å².